The summed E-state index contributed by atoms with van der Waals surface area (Å²) < 4.78 is 32.6. The molecule has 10 heteroatoms. The highest BCUT2D eigenvalue weighted by molar-refractivity contribution is 14.0. The number of nitrogens with zero attached hydrogens (tertiary/aromatic N) is 2. The van der Waals surface area contributed by atoms with Crippen molar-refractivity contribution in [3.05, 3.63) is 0 Å². The molecule has 0 radical (unpaired) electrons. The van der Waals surface area contributed by atoms with Crippen molar-refractivity contribution in [2.24, 2.45) is 4.99 Å². The van der Waals surface area contributed by atoms with E-state index in [0.29, 0.717) is 13.2 Å². The molecule has 1 saturated heterocycles. The summed E-state index contributed by atoms with van der Waals surface area (Å²) in [5.74, 6) is 0.828. The van der Waals surface area contributed by atoms with E-state index in [9.17, 15) is 8.42 Å². The minimum Gasteiger partial charge on any atom is -0.379 e. The van der Waals surface area contributed by atoms with E-state index in [1.165, 1.54) is 6.26 Å². The van der Waals surface area contributed by atoms with Crippen LogP contribution >= 0.6 is 24.0 Å². The summed E-state index contributed by atoms with van der Waals surface area (Å²) in [6, 6.07) is 0. The number of hydrogen-bond acceptors (Lipinski definition) is 6. The maximum Gasteiger partial charge on any atom is 0.191 e. The highest BCUT2D eigenvalue weighted by Gasteiger charge is 2.09. The van der Waals surface area contributed by atoms with Gasteiger partial charge in [0.05, 0.1) is 32.2 Å². The topological polar surface area (TPSA) is 92.3 Å². The van der Waals surface area contributed by atoms with Gasteiger partial charge < -0.3 is 20.1 Å². The number of nitrogens with one attached hydrogen (secondary N) is 2. The molecule has 0 aromatic heterocycles. The Morgan fingerprint density at radius 2 is 1.96 bits per heavy atom. The number of aliphatic imine (C=N–C) groups is 1. The lowest BCUT2D eigenvalue weighted by molar-refractivity contribution is 0.0377. The molecule has 0 atom stereocenters. The molecule has 0 bridgehead atoms. The molecule has 0 amide bonds. The molecule has 0 aromatic carbocycles. The minimum atomic E-state index is -2.95. The van der Waals surface area contributed by atoms with Crippen LogP contribution in [0.15, 0.2) is 4.99 Å². The summed E-state index contributed by atoms with van der Waals surface area (Å²) >= 11 is 0. The average Bonchev–Trinajstić information content (AvgIpc) is 2.54. The number of rotatable bonds is 11. The molecule has 0 unspecified atom stereocenters. The standard InChI is InChI=1S/C15H32N4O4S.HI/c1-3-16-15(18-6-10-22-13-14-24(2,20)21)17-5-4-7-19-8-11-23-12-9-19;/h3-14H2,1-2H3,(H2,16,17,18);1H. The highest BCUT2D eigenvalue weighted by Crippen LogP contribution is 1.98. The second-order valence-corrected chi connectivity index (χ2v) is 8.00. The van der Waals surface area contributed by atoms with Gasteiger partial charge in [-0.05, 0) is 13.3 Å². The van der Waals surface area contributed by atoms with Gasteiger partial charge in [-0.2, -0.15) is 0 Å². The van der Waals surface area contributed by atoms with Gasteiger partial charge in [-0.25, -0.2) is 8.42 Å². The molecule has 1 fully saturated rings. The molecule has 8 nitrogen and oxygen atoms in total. The van der Waals surface area contributed by atoms with E-state index >= 15 is 0 Å². The number of morpholine rings is 1. The Balaban J connectivity index is 0.00000576. The Bertz CT molecular complexity index is 456. The fourth-order valence-electron chi connectivity index (χ4n) is 2.21. The molecular formula is C15H33IN4O4S. The van der Waals surface area contributed by atoms with E-state index in [1.807, 2.05) is 6.92 Å². The van der Waals surface area contributed by atoms with Crippen molar-refractivity contribution >= 4 is 39.8 Å². The van der Waals surface area contributed by atoms with Crippen LogP contribution in [0.5, 0.6) is 0 Å². The number of hydrogen-bond donors (Lipinski definition) is 2. The summed E-state index contributed by atoms with van der Waals surface area (Å²) in [4.78, 5) is 6.94. The molecule has 1 heterocycles. The molecule has 1 rings (SSSR count). The van der Waals surface area contributed by atoms with E-state index < -0.39 is 9.84 Å². The van der Waals surface area contributed by atoms with Crippen LogP contribution in [-0.2, 0) is 19.3 Å². The third-order valence-electron chi connectivity index (χ3n) is 3.49. The van der Waals surface area contributed by atoms with Crippen LogP contribution < -0.4 is 10.6 Å². The molecule has 2 N–H and O–H groups in total. The van der Waals surface area contributed by atoms with Gasteiger partial charge in [0.15, 0.2) is 5.96 Å². The van der Waals surface area contributed by atoms with E-state index in [2.05, 4.69) is 20.5 Å². The summed E-state index contributed by atoms with van der Waals surface area (Å²) in [5.41, 5.74) is 0. The van der Waals surface area contributed by atoms with Gasteiger partial charge in [0.1, 0.15) is 9.84 Å². The van der Waals surface area contributed by atoms with Crippen LogP contribution in [0.3, 0.4) is 0 Å². The minimum absolute atomic E-state index is 0. The van der Waals surface area contributed by atoms with Crippen molar-refractivity contribution in [2.45, 2.75) is 13.3 Å². The number of halogens is 1. The molecule has 1 aliphatic heterocycles. The molecule has 150 valence electrons. The maximum atomic E-state index is 11.0. The van der Waals surface area contributed by atoms with Crippen molar-refractivity contribution in [3.63, 3.8) is 0 Å². The van der Waals surface area contributed by atoms with Gasteiger partial charge in [0, 0.05) is 45.5 Å². The first-order valence-corrected chi connectivity index (χ1v) is 10.6. The van der Waals surface area contributed by atoms with Crippen molar-refractivity contribution < 1.29 is 17.9 Å². The first-order valence-electron chi connectivity index (χ1n) is 8.59. The molecule has 25 heavy (non-hydrogen) atoms. The lowest BCUT2D eigenvalue weighted by Gasteiger charge is -2.26. The maximum absolute atomic E-state index is 11.0. The summed E-state index contributed by atoms with van der Waals surface area (Å²) in [6.07, 6.45) is 2.23. The summed E-state index contributed by atoms with van der Waals surface area (Å²) in [7, 11) is -2.95. The molecule has 0 saturated carbocycles. The lowest BCUT2D eigenvalue weighted by Crippen LogP contribution is -2.39. The van der Waals surface area contributed by atoms with Crippen LogP contribution in [0.1, 0.15) is 13.3 Å². The predicted octanol–water partition coefficient (Wildman–Crippen LogP) is -0.0570. The third kappa shape index (κ3) is 14.7. The molecule has 0 aromatic rings. The van der Waals surface area contributed by atoms with Crippen molar-refractivity contribution in [3.8, 4) is 0 Å². The van der Waals surface area contributed by atoms with E-state index in [-0.39, 0.29) is 36.3 Å². The highest BCUT2D eigenvalue weighted by atomic mass is 127. The zero-order chi connectivity index (χ0) is 17.7. The van der Waals surface area contributed by atoms with E-state index in [0.717, 1.165) is 58.3 Å². The van der Waals surface area contributed by atoms with Crippen molar-refractivity contribution in [1.82, 2.24) is 15.5 Å². The Kier molecular flexibility index (Phi) is 14.8. The Hall–Kier alpha value is -0.170. The van der Waals surface area contributed by atoms with Gasteiger partial charge in [0.25, 0.3) is 0 Å². The van der Waals surface area contributed by atoms with Gasteiger partial charge >= 0.3 is 0 Å². The fourth-order valence-corrected chi connectivity index (χ4v) is 2.63. The second kappa shape index (κ2) is 14.9. The second-order valence-electron chi connectivity index (χ2n) is 5.74. The predicted molar refractivity (Wildman–Crippen MR) is 112 cm³/mol. The average molecular weight is 492 g/mol. The first-order chi connectivity index (χ1) is 11.5. The zero-order valence-electron chi connectivity index (χ0n) is 15.3. The van der Waals surface area contributed by atoms with Gasteiger partial charge in [-0.15, -0.1) is 24.0 Å². The summed E-state index contributed by atoms with van der Waals surface area (Å²) in [5, 5.41) is 6.38. The fraction of sp³-hybridized carbons (Fsp3) is 0.933. The third-order valence-corrected chi connectivity index (χ3v) is 4.40. The van der Waals surface area contributed by atoms with E-state index in [1.54, 1.807) is 0 Å². The SMILES string of the molecule is CCNC(=NCCCN1CCOCC1)NCCOCCS(C)(=O)=O.I. The van der Waals surface area contributed by atoms with Crippen LogP contribution in [0.2, 0.25) is 0 Å². The van der Waals surface area contributed by atoms with Crippen molar-refractivity contribution in [1.29, 1.82) is 0 Å². The van der Waals surface area contributed by atoms with Crippen LogP contribution in [-0.4, -0.2) is 97.0 Å². The van der Waals surface area contributed by atoms with Gasteiger partial charge in [-0.3, -0.25) is 9.89 Å². The number of guanidine groups is 1. The normalized spacial score (nSPS) is 16.3. The molecule has 0 aliphatic carbocycles. The van der Waals surface area contributed by atoms with E-state index in [4.69, 9.17) is 9.47 Å². The van der Waals surface area contributed by atoms with Crippen LogP contribution in [0.25, 0.3) is 0 Å². The largest absolute Gasteiger partial charge is 0.379 e. The summed E-state index contributed by atoms with van der Waals surface area (Å²) in [6.45, 7) is 9.57. The van der Waals surface area contributed by atoms with Gasteiger partial charge in [0.2, 0.25) is 0 Å². The zero-order valence-corrected chi connectivity index (χ0v) is 18.5. The Labute approximate surface area is 169 Å². The van der Waals surface area contributed by atoms with Crippen LogP contribution in [0.4, 0.5) is 0 Å². The van der Waals surface area contributed by atoms with Crippen molar-refractivity contribution in [2.75, 3.05) is 77.7 Å². The van der Waals surface area contributed by atoms with Crippen LogP contribution in [0, 0.1) is 0 Å². The smallest absolute Gasteiger partial charge is 0.191 e. The molecular weight excluding hydrogens is 459 g/mol. The Morgan fingerprint density at radius 3 is 2.60 bits per heavy atom. The first kappa shape index (κ1) is 24.8. The quantitative estimate of drug-likeness (QED) is 0.181. The molecule has 1 aliphatic rings. The lowest BCUT2D eigenvalue weighted by atomic mass is 10.3. The monoisotopic (exact) mass is 492 g/mol. The number of ether oxygens (including phenoxy) is 2. The number of sulfone groups is 1. The Morgan fingerprint density at radius 1 is 1.24 bits per heavy atom. The molecule has 0 spiro atoms. The van der Waals surface area contributed by atoms with Gasteiger partial charge in [-0.1, -0.05) is 0 Å².